The predicted molar refractivity (Wildman–Crippen MR) is 71.0 cm³/mol. The molecule has 5 nitrogen and oxygen atoms in total. The maximum Gasteiger partial charge on any atom is 0.254 e. The van der Waals surface area contributed by atoms with Crippen molar-refractivity contribution in [1.82, 2.24) is 10.2 Å². The smallest absolute Gasteiger partial charge is 0.254 e. The van der Waals surface area contributed by atoms with Crippen molar-refractivity contribution in [2.24, 2.45) is 5.92 Å². The minimum absolute atomic E-state index is 0.0397. The fraction of sp³-hybridized carbons (Fsp3) is 0.429. The van der Waals surface area contributed by atoms with Crippen LogP contribution in [0.5, 0.6) is 5.75 Å². The number of rotatable bonds is 3. The van der Waals surface area contributed by atoms with E-state index in [1.165, 1.54) is 25.3 Å². The van der Waals surface area contributed by atoms with Gasteiger partial charge in [-0.1, -0.05) is 0 Å². The van der Waals surface area contributed by atoms with Crippen LogP contribution >= 0.6 is 0 Å². The van der Waals surface area contributed by atoms with Crippen molar-refractivity contribution in [1.29, 1.82) is 0 Å². The van der Waals surface area contributed by atoms with Crippen molar-refractivity contribution < 1.29 is 18.7 Å². The number of carbonyl (C=O) groups is 2. The van der Waals surface area contributed by atoms with Gasteiger partial charge in [-0.05, 0) is 24.6 Å². The minimum Gasteiger partial charge on any atom is -0.494 e. The van der Waals surface area contributed by atoms with E-state index in [4.69, 9.17) is 4.74 Å². The number of halogens is 1. The van der Waals surface area contributed by atoms with Gasteiger partial charge in [0.25, 0.3) is 5.91 Å². The third-order valence-corrected chi connectivity index (χ3v) is 3.49. The monoisotopic (exact) mass is 280 g/mol. The first-order valence-corrected chi connectivity index (χ1v) is 6.41. The number of hydrogen-bond donors (Lipinski definition) is 1. The number of likely N-dealkylation sites (tertiary alicyclic amines) is 1. The SMILES string of the molecule is CNC(=O)[C@@H]1CCN(C(=O)c2ccc(F)c(OC)c2)C1. The van der Waals surface area contributed by atoms with Gasteiger partial charge in [0.05, 0.1) is 13.0 Å². The molecule has 20 heavy (non-hydrogen) atoms. The molecule has 2 amide bonds. The third kappa shape index (κ3) is 2.74. The summed E-state index contributed by atoms with van der Waals surface area (Å²) in [5.41, 5.74) is 0.362. The van der Waals surface area contributed by atoms with Crippen LogP contribution in [-0.4, -0.2) is 44.0 Å². The number of carbonyl (C=O) groups excluding carboxylic acids is 2. The summed E-state index contributed by atoms with van der Waals surface area (Å²) in [4.78, 5) is 25.4. The molecule has 1 heterocycles. The van der Waals surface area contributed by atoms with E-state index in [0.717, 1.165) is 0 Å². The molecule has 0 bridgehead atoms. The average molecular weight is 280 g/mol. The maximum absolute atomic E-state index is 13.3. The summed E-state index contributed by atoms with van der Waals surface area (Å²) in [7, 11) is 2.93. The van der Waals surface area contributed by atoms with Gasteiger partial charge >= 0.3 is 0 Å². The molecular weight excluding hydrogens is 263 g/mol. The molecule has 1 fully saturated rings. The Kier molecular flexibility index (Phi) is 4.22. The molecule has 1 aliphatic heterocycles. The second-order valence-electron chi connectivity index (χ2n) is 4.70. The van der Waals surface area contributed by atoms with Gasteiger partial charge in [0.15, 0.2) is 11.6 Å². The van der Waals surface area contributed by atoms with Crippen LogP contribution in [0.1, 0.15) is 16.8 Å². The molecule has 1 aromatic rings. The Morgan fingerprint density at radius 3 is 2.85 bits per heavy atom. The third-order valence-electron chi connectivity index (χ3n) is 3.49. The zero-order valence-electron chi connectivity index (χ0n) is 11.5. The van der Waals surface area contributed by atoms with Crippen LogP contribution in [0.15, 0.2) is 18.2 Å². The maximum atomic E-state index is 13.3. The van der Waals surface area contributed by atoms with Crippen molar-refractivity contribution in [3.05, 3.63) is 29.6 Å². The normalized spacial score (nSPS) is 17.9. The summed E-state index contributed by atoms with van der Waals surface area (Å²) < 4.78 is 18.2. The summed E-state index contributed by atoms with van der Waals surface area (Å²) in [6, 6.07) is 4.01. The molecule has 0 radical (unpaired) electrons. The lowest BCUT2D eigenvalue weighted by Gasteiger charge is -2.16. The van der Waals surface area contributed by atoms with Crippen molar-refractivity contribution in [2.45, 2.75) is 6.42 Å². The van der Waals surface area contributed by atoms with Crippen LogP contribution in [0.25, 0.3) is 0 Å². The van der Waals surface area contributed by atoms with E-state index >= 15 is 0 Å². The average Bonchev–Trinajstić information content (AvgIpc) is 2.96. The van der Waals surface area contributed by atoms with Gasteiger partial charge in [-0.15, -0.1) is 0 Å². The van der Waals surface area contributed by atoms with Gasteiger partial charge < -0.3 is 15.0 Å². The Labute approximate surface area is 116 Å². The first-order valence-electron chi connectivity index (χ1n) is 6.41. The van der Waals surface area contributed by atoms with E-state index in [1.807, 2.05) is 0 Å². The Bertz CT molecular complexity index is 533. The van der Waals surface area contributed by atoms with E-state index in [1.54, 1.807) is 11.9 Å². The number of nitrogens with zero attached hydrogens (tertiary/aromatic N) is 1. The molecule has 0 aliphatic carbocycles. The summed E-state index contributed by atoms with van der Waals surface area (Å²) in [5.74, 6) is -0.912. The molecule has 108 valence electrons. The summed E-state index contributed by atoms with van der Waals surface area (Å²) in [5, 5.41) is 2.59. The zero-order valence-corrected chi connectivity index (χ0v) is 11.5. The highest BCUT2D eigenvalue weighted by Crippen LogP contribution is 2.22. The summed E-state index contributed by atoms with van der Waals surface area (Å²) in [6.07, 6.45) is 0.643. The Balaban J connectivity index is 2.11. The molecule has 1 aliphatic rings. The van der Waals surface area contributed by atoms with Crippen LogP contribution in [0.3, 0.4) is 0 Å². The van der Waals surface area contributed by atoms with E-state index in [2.05, 4.69) is 5.32 Å². The summed E-state index contributed by atoms with van der Waals surface area (Å²) >= 11 is 0. The van der Waals surface area contributed by atoms with Gasteiger partial charge in [0, 0.05) is 25.7 Å². The van der Waals surface area contributed by atoms with Crippen LogP contribution in [-0.2, 0) is 4.79 Å². The molecular formula is C14H17FN2O3. The fourth-order valence-electron chi connectivity index (χ4n) is 2.34. The molecule has 1 atom stereocenters. The first kappa shape index (κ1) is 14.3. The molecule has 1 aromatic carbocycles. The van der Waals surface area contributed by atoms with Gasteiger partial charge in [-0.25, -0.2) is 4.39 Å². The second-order valence-corrected chi connectivity index (χ2v) is 4.70. The van der Waals surface area contributed by atoms with Gasteiger partial charge in [0.2, 0.25) is 5.91 Å². The lowest BCUT2D eigenvalue weighted by atomic mass is 10.1. The number of hydrogen-bond acceptors (Lipinski definition) is 3. The highest BCUT2D eigenvalue weighted by molar-refractivity contribution is 5.95. The zero-order chi connectivity index (χ0) is 14.7. The highest BCUT2D eigenvalue weighted by atomic mass is 19.1. The Morgan fingerprint density at radius 2 is 2.20 bits per heavy atom. The topological polar surface area (TPSA) is 58.6 Å². The molecule has 6 heteroatoms. The number of methoxy groups -OCH3 is 1. The van der Waals surface area contributed by atoms with E-state index in [9.17, 15) is 14.0 Å². The highest BCUT2D eigenvalue weighted by Gasteiger charge is 2.31. The van der Waals surface area contributed by atoms with Crippen molar-refractivity contribution in [3.8, 4) is 5.75 Å². The van der Waals surface area contributed by atoms with Crippen molar-refractivity contribution in [3.63, 3.8) is 0 Å². The molecule has 1 N–H and O–H groups in total. The number of benzene rings is 1. The molecule has 2 rings (SSSR count). The number of ether oxygens (including phenoxy) is 1. The number of amides is 2. The standard InChI is InChI=1S/C14H17FN2O3/c1-16-13(18)10-5-6-17(8-10)14(19)9-3-4-11(15)12(7-9)20-2/h3-4,7,10H,5-6,8H2,1-2H3,(H,16,18)/t10-/m1/s1. The van der Waals surface area contributed by atoms with Crippen LogP contribution in [0.4, 0.5) is 4.39 Å². The molecule has 0 spiro atoms. The Morgan fingerprint density at radius 1 is 1.45 bits per heavy atom. The van der Waals surface area contributed by atoms with Crippen LogP contribution < -0.4 is 10.1 Å². The molecule has 0 aromatic heterocycles. The van der Waals surface area contributed by atoms with E-state index in [-0.39, 0.29) is 23.5 Å². The minimum atomic E-state index is -0.506. The number of nitrogens with one attached hydrogen (secondary N) is 1. The lowest BCUT2D eigenvalue weighted by Crippen LogP contribution is -2.33. The van der Waals surface area contributed by atoms with E-state index in [0.29, 0.717) is 25.1 Å². The van der Waals surface area contributed by atoms with E-state index < -0.39 is 5.82 Å². The van der Waals surface area contributed by atoms with Crippen molar-refractivity contribution in [2.75, 3.05) is 27.2 Å². The van der Waals surface area contributed by atoms with Gasteiger partial charge in [0.1, 0.15) is 0 Å². The fourth-order valence-corrected chi connectivity index (χ4v) is 2.34. The largest absolute Gasteiger partial charge is 0.494 e. The van der Waals surface area contributed by atoms with Crippen LogP contribution in [0.2, 0.25) is 0 Å². The van der Waals surface area contributed by atoms with Crippen LogP contribution in [0, 0.1) is 11.7 Å². The van der Waals surface area contributed by atoms with Crippen molar-refractivity contribution >= 4 is 11.8 Å². The Hall–Kier alpha value is -2.11. The lowest BCUT2D eigenvalue weighted by molar-refractivity contribution is -0.124. The second kappa shape index (κ2) is 5.90. The summed E-state index contributed by atoms with van der Waals surface area (Å²) in [6.45, 7) is 0.912. The molecule has 1 saturated heterocycles. The first-order chi connectivity index (χ1) is 9.56. The predicted octanol–water partition coefficient (Wildman–Crippen LogP) is 1.04. The van der Waals surface area contributed by atoms with Gasteiger partial charge in [-0.3, -0.25) is 9.59 Å². The molecule has 0 unspecified atom stereocenters. The quantitative estimate of drug-likeness (QED) is 0.900. The molecule has 0 saturated carbocycles. The van der Waals surface area contributed by atoms with Gasteiger partial charge in [-0.2, -0.15) is 0 Å².